The van der Waals surface area contributed by atoms with E-state index < -0.39 is 35.1 Å². The maximum atomic E-state index is 14.4. The Morgan fingerprint density at radius 1 is 1.39 bits per heavy atom. The average Bonchev–Trinajstić information content (AvgIpc) is 2.90. The van der Waals surface area contributed by atoms with Gasteiger partial charge in [-0.15, -0.1) is 0 Å². The Bertz CT molecular complexity index is 634. The van der Waals surface area contributed by atoms with Gasteiger partial charge in [0.05, 0.1) is 12.2 Å². The van der Waals surface area contributed by atoms with Crippen molar-refractivity contribution in [1.29, 1.82) is 0 Å². The summed E-state index contributed by atoms with van der Waals surface area (Å²) in [5.74, 6) is 0.0872. The maximum Gasteiger partial charge on any atom is 0.415 e. The summed E-state index contributed by atoms with van der Waals surface area (Å²) in [4.78, 5) is 24.1. The summed E-state index contributed by atoms with van der Waals surface area (Å²) in [6.07, 6.45) is -0.343. The van der Waals surface area contributed by atoms with Crippen LogP contribution in [0.3, 0.4) is 0 Å². The highest BCUT2D eigenvalue weighted by Gasteiger charge is 2.36. The molecule has 0 unspecified atom stereocenters. The second-order valence-electron chi connectivity index (χ2n) is 5.71. The third-order valence-electron chi connectivity index (χ3n) is 4.25. The molecule has 124 valence electrons. The highest BCUT2D eigenvalue weighted by atomic mass is 32.2. The first-order chi connectivity index (χ1) is 11.0. The number of nitrogens with two attached hydrogens (primary N) is 1. The molecular formula is C15H17FN2O4S. The second kappa shape index (κ2) is 6.37. The van der Waals surface area contributed by atoms with Crippen LogP contribution in [0.2, 0.25) is 0 Å². The van der Waals surface area contributed by atoms with Gasteiger partial charge in [-0.25, -0.2) is 9.18 Å². The van der Waals surface area contributed by atoms with E-state index in [2.05, 4.69) is 0 Å². The third-order valence-corrected chi connectivity index (χ3v) is 5.63. The largest absolute Gasteiger partial charge is 0.616 e. The number of carbonyl (C=O) groups excluding carboxylic acids is 2. The van der Waals surface area contributed by atoms with Crippen LogP contribution in [-0.4, -0.2) is 40.7 Å². The van der Waals surface area contributed by atoms with E-state index in [-0.39, 0.29) is 12.5 Å². The van der Waals surface area contributed by atoms with E-state index >= 15 is 0 Å². The van der Waals surface area contributed by atoms with Crippen LogP contribution in [0.5, 0.6) is 0 Å². The van der Waals surface area contributed by atoms with Gasteiger partial charge >= 0.3 is 6.09 Å². The summed E-state index contributed by atoms with van der Waals surface area (Å²) in [5.41, 5.74) is 6.03. The molecule has 0 radical (unpaired) electrons. The predicted octanol–water partition coefficient (Wildman–Crippen LogP) is 1.26. The first-order valence-electron chi connectivity index (χ1n) is 7.37. The molecule has 2 fully saturated rings. The molecule has 1 aromatic rings. The fourth-order valence-electron chi connectivity index (χ4n) is 2.94. The Morgan fingerprint density at radius 2 is 2.09 bits per heavy atom. The van der Waals surface area contributed by atoms with Crippen molar-refractivity contribution in [2.75, 3.05) is 23.0 Å². The quantitative estimate of drug-likeness (QED) is 0.838. The number of ether oxygens (including phenoxy) is 1. The summed E-state index contributed by atoms with van der Waals surface area (Å²) in [6, 6.07) is 4.55. The van der Waals surface area contributed by atoms with Gasteiger partial charge < -0.3 is 15.0 Å². The Hall–Kier alpha value is -1.80. The van der Waals surface area contributed by atoms with Gasteiger partial charge in [0, 0.05) is 0 Å². The minimum absolute atomic E-state index is 0.0185. The minimum Gasteiger partial charge on any atom is -0.616 e. The molecule has 2 heterocycles. The smallest absolute Gasteiger partial charge is 0.415 e. The zero-order valence-corrected chi connectivity index (χ0v) is 13.2. The molecule has 0 aromatic heterocycles. The molecule has 2 aliphatic rings. The second-order valence-corrected chi connectivity index (χ2v) is 7.41. The summed E-state index contributed by atoms with van der Waals surface area (Å²) in [6.45, 7) is -0.0185. The van der Waals surface area contributed by atoms with Gasteiger partial charge in [0.25, 0.3) is 5.91 Å². The number of primary amides is 1. The van der Waals surface area contributed by atoms with Crippen LogP contribution < -0.4 is 10.6 Å². The number of halogens is 1. The molecule has 2 saturated heterocycles. The predicted molar refractivity (Wildman–Crippen MR) is 83.1 cm³/mol. The van der Waals surface area contributed by atoms with Crippen LogP contribution in [0.4, 0.5) is 14.9 Å². The molecule has 23 heavy (non-hydrogen) atoms. The number of benzene rings is 1. The number of hydrogen-bond acceptors (Lipinski definition) is 4. The number of carbonyl (C=O) groups is 2. The molecule has 6 nitrogen and oxygen atoms in total. The Balaban J connectivity index is 1.77. The van der Waals surface area contributed by atoms with Crippen LogP contribution in [0.15, 0.2) is 18.2 Å². The molecule has 1 atom stereocenters. The Labute approximate surface area is 136 Å². The SMILES string of the molecule is NC(=O)[C@H]1CN(c2ccc([C@H]3CC[S@+]([O-])CC3)c(F)c2)C(=O)O1. The van der Waals surface area contributed by atoms with Gasteiger partial charge in [0.1, 0.15) is 17.3 Å². The Kier molecular flexibility index (Phi) is 4.45. The van der Waals surface area contributed by atoms with E-state index in [0.717, 1.165) is 0 Å². The lowest BCUT2D eigenvalue weighted by atomic mass is 9.93. The molecule has 0 spiro atoms. The van der Waals surface area contributed by atoms with Crippen molar-refractivity contribution in [2.45, 2.75) is 24.9 Å². The highest BCUT2D eigenvalue weighted by Crippen LogP contribution is 2.33. The molecule has 8 heteroatoms. The van der Waals surface area contributed by atoms with Gasteiger partial charge in [-0.1, -0.05) is 17.2 Å². The summed E-state index contributed by atoms with van der Waals surface area (Å²) in [7, 11) is 0. The zero-order valence-electron chi connectivity index (χ0n) is 12.4. The first kappa shape index (κ1) is 16.1. The highest BCUT2D eigenvalue weighted by molar-refractivity contribution is 7.91. The number of anilines is 1. The molecule has 2 N–H and O–H groups in total. The van der Waals surface area contributed by atoms with E-state index in [0.29, 0.717) is 35.6 Å². The van der Waals surface area contributed by atoms with Crippen LogP contribution in [-0.2, 0) is 20.7 Å². The van der Waals surface area contributed by atoms with Crippen molar-refractivity contribution in [2.24, 2.45) is 5.73 Å². The standard InChI is InChI=1S/C15H17FN2O4S/c16-12-7-10(18-8-13(14(17)19)22-15(18)20)1-2-11(12)9-3-5-23(21)6-4-9/h1-2,7,9,13H,3-6,8H2,(H2,17,19)/t9-,13-,23-/m1/s1. The summed E-state index contributed by atoms with van der Waals surface area (Å²) in [5, 5.41) is 0. The number of amides is 2. The molecule has 1 aromatic carbocycles. The Morgan fingerprint density at radius 3 is 2.65 bits per heavy atom. The average molecular weight is 340 g/mol. The van der Waals surface area contributed by atoms with Crippen molar-refractivity contribution >= 4 is 28.9 Å². The molecule has 0 bridgehead atoms. The number of hydrogen-bond donors (Lipinski definition) is 1. The molecule has 2 aliphatic heterocycles. The maximum absolute atomic E-state index is 14.4. The lowest BCUT2D eigenvalue weighted by Crippen LogP contribution is -2.32. The topological polar surface area (TPSA) is 95.7 Å². The number of nitrogens with zero attached hydrogens (tertiary/aromatic N) is 1. The van der Waals surface area contributed by atoms with Crippen molar-refractivity contribution in [1.82, 2.24) is 0 Å². The third kappa shape index (κ3) is 3.28. The fourth-order valence-corrected chi connectivity index (χ4v) is 4.24. The number of cyclic esters (lactones) is 1. The molecule has 2 amide bonds. The number of rotatable bonds is 3. The van der Waals surface area contributed by atoms with Crippen LogP contribution >= 0.6 is 0 Å². The van der Waals surface area contributed by atoms with Crippen molar-refractivity contribution in [3.63, 3.8) is 0 Å². The first-order valence-corrected chi connectivity index (χ1v) is 8.86. The van der Waals surface area contributed by atoms with E-state index in [4.69, 9.17) is 10.5 Å². The van der Waals surface area contributed by atoms with Gasteiger partial charge in [-0.2, -0.15) is 0 Å². The van der Waals surface area contributed by atoms with Gasteiger partial charge in [-0.3, -0.25) is 9.69 Å². The molecular weight excluding hydrogens is 323 g/mol. The van der Waals surface area contributed by atoms with Gasteiger partial charge in [-0.05, 0) is 36.5 Å². The van der Waals surface area contributed by atoms with Crippen molar-refractivity contribution in [3.05, 3.63) is 29.6 Å². The zero-order chi connectivity index (χ0) is 16.6. The van der Waals surface area contributed by atoms with Gasteiger partial charge in [0.2, 0.25) is 0 Å². The normalized spacial score (nSPS) is 27.8. The van der Waals surface area contributed by atoms with Crippen molar-refractivity contribution < 1.29 is 23.3 Å². The lowest BCUT2D eigenvalue weighted by molar-refractivity contribution is -0.124. The lowest BCUT2D eigenvalue weighted by Gasteiger charge is -2.25. The van der Waals surface area contributed by atoms with E-state index in [1.54, 1.807) is 12.1 Å². The minimum atomic E-state index is -1.02. The fraction of sp³-hybridized carbons (Fsp3) is 0.467. The van der Waals surface area contributed by atoms with Gasteiger partial charge in [0.15, 0.2) is 6.10 Å². The summed E-state index contributed by atoms with van der Waals surface area (Å²) >= 11 is -0.797. The molecule has 0 saturated carbocycles. The van der Waals surface area contributed by atoms with E-state index in [1.165, 1.54) is 11.0 Å². The van der Waals surface area contributed by atoms with Crippen LogP contribution in [0, 0.1) is 5.82 Å². The van der Waals surface area contributed by atoms with Crippen LogP contribution in [0.1, 0.15) is 24.3 Å². The van der Waals surface area contributed by atoms with Crippen molar-refractivity contribution in [3.8, 4) is 0 Å². The molecule has 0 aliphatic carbocycles. The summed E-state index contributed by atoms with van der Waals surface area (Å²) < 4.78 is 30.7. The van der Waals surface area contributed by atoms with E-state index in [9.17, 15) is 18.5 Å². The monoisotopic (exact) mass is 340 g/mol. The molecule has 3 rings (SSSR count). The van der Waals surface area contributed by atoms with E-state index in [1.807, 2.05) is 0 Å². The van der Waals surface area contributed by atoms with Crippen LogP contribution in [0.25, 0.3) is 0 Å².